The molecule has 0 aromatic heterocycles. The van der Waals surface area contributed by atoms with Gasteiger partial charge in [0.15, 0.2) is 0 Å². The van der Waals surface area contributed by atoms with E-state index >= 15 is 0 Å². The standard InChI is InChI=1S/C25H21NO5/c1-14-7-8-17(13-15(14)2)23(29)21-22(16-9-11-18(27)12-10-16)26(25(31)24(21)30)19-5-3-4-6-20(19)28/h3-13,22,27-29H,1-2H3/b23-21-. The number of aliphatic hydroxyl groups excluding tert-OH is 1. The maximum absolute atomic E-state index is 13.1. The van der Waals surface area contributed by atoms with Crippen molar-refractivity contribution in [2.75, 3.05) is 4.90 Å². The lowest BCUT2D eigenvalue weighted by atomic mass is 9.94. The average Bonchev–Trinajstić information content (AvgIpc) is 3.01. The van der Waals surface area contributed by atoms with Gasteiger partial charge in [0.25, 0.3) is 11.7 Å². The molecule has 6 heteroatoms. The predicted molar refractivity (Wildman–Crippen MR) is 117 cm³/mol. The molecular formula is C25H21NO5. The Morgan fingerprint density at radius 3 is 2.19 bits per heavy atom. The maximum atomic E-state index is 13.1. The van der Waals surface area contributed by atoms with Gasteiger partial charge in [-0.25, -0.2) is 0 Å². The second kappa shape index (κ2) is 7.65. The fraction of sp³-hybridized carbons (Fsp3) is 0.120. The molecule has 1 saturated heterocycles. The summed E-state index contributed by atoms with van der Waals surface area (Å²) in [5, 5.41) is 31.2. The van der Waals surface area contributed by atoms with E-state index in [0.29, 0.717) is 11.1 Å². The zero-order valence-corrected chi connectivity index (χ0v) is 17.0. The Morgan fingerprint density at radius 2 is 1.55 bits per heavy atom. The normalized spacial score (nSPS) is 17.9. The van der Waals surface area contributed by atoms with Crippen molar-refractivity contribution in [2.45, 2.75) is 19.9 Å². The smallest absolute Gasteiger partial charge is 0.300 e. The van der Waals surface area contributed by atoms with Crippen LogP contribution < -0.4 is 4.90 Å². The van der Waals surface area contributed by atoms with Crippen LogP contribution in [0.1, 0.15) is 28.3 Å². The molecule has 1 fully saturated rings. The summed E-state index contributed by atoms with van der Waals surface area (Å²) < 4.78 is 0. The largest absolute Gasteiger partial charge is 0.508 e. The number of benzene rings is 3. The van der Waals surface area contributed by atoms with E-state index in [-0.39, 0.29) is 28.5 Å². The average molecular weight is 415 g/mol. The number of nitrogens with zero attached hydrogens (tertiary/aromatic N) is 1. The molecule has 4 rings (SSSR count). The van der Waals surface area contributed by atoms with Crippen molar-refractivity contribution in [3.05, 3.63) is 94.6 Å². The molecule has 1 atom stereocenters. The number of aliphatic hydroxyl groups is 1. The van der Waals surface area contributed by atoms with E-state index in [9.17, 15) is 24.9 Å². The monoisotopic (exact) mass is 415 g/mol. The molecule has 1 aliphatic heterocycles. The first kappa shape index (κ1) is 20.2. The molecule has 0 saturated carbocycles. The molecule has 6 nitrogen and oxygen atoms in total. The number of phenolic OH excluding ortho intramolecular Hbond substituents is 2. The van der Waals surface area contributed by atoms with E-state index in [2.05, 4.69) is 0 Å². The summed E-state index contributed by atoms with van der Waals surface area (Å²) in [5.74, 6) is -2.14. The van der Waals surface area contributed by atoms with Gasteiger partial charge in [0.2, 0.25) is 0 Å². The maximum Gasteiger partial charge on any atom is 0.300 e. The summed E-state index contributed by atoms with van der Waals surface area (Å²) >= 11 is 0. The number of carbonyl (C=O) groups excluding carboxylic acids is 2. The van der Waals surface area contributed by atoms with Crippen LogP contribution in [0.25, 0.3) is 5.76 Å². The number of anilines is 1. The molecule has 1 aliphatic rings. The molecule has 0 radical (unpaired) electrons. The molecule has 3 aromatic rings. The van der Waals surface area contributed by atoms with E-state index in [4.69, 9.17) is 0 Å². The molecule has 156 valence electrons. The number of hydrogen-bond acceptors (Lipinski definition) is 5. The number of phenols is 2. The summed E-state index contributed by atoms with van der Waals surface area (Å²) in [5.41, 5.74) is 2.96. The molecule has 1 amide bonds. The van der Waals surface area contributed by atoms with Crippen LogP contribution in [0, 0.1) is 13.8 Å². The minimum atomic E-state index is -0.976. The minimum Gasteiger partial charge on any atom is -0.508 e. The van der Waals surface area contributed by atoms with Crippen LogP contribution in [0.5, 0.6) is 11.5 Å². The quantitative estimate of drug-likeness (QED) is 0.336. The summed E-state index contributed by atoms with van der Waals surface area (Å²) in [6.45, 7) is 3.83. The first-order valence-corrected chi connectivity index (χ1v) is 9.75. The fourth-order valence-corrected chi connectivity index (χ4v) is 3.77. The third-order valence-corrected chi connectivity index (χ3v) is 5.57. The molecular weight excluding hydrogens is 394 g/mol. The number of aromatic hydroxyl groups is 2. The lowest BCUT2D eigenvalue weighted by Crippen LogP contribution is -2.29. The van der Waals surface area contributed by atoms with Crippen molar-refractivity contribution in [3.8, 4) is 11.5 Å². The highest BCUT2D eigenvalue weighted by molar-refractivity contribution is 6.51. The van der Waals surface area contributed by atoms with Crippen LogP contribution >= 0.6 is 0 Å². The molecule has 1 unspecified atom stereocenters. The van der Waals surface area contributed by atoms with Crippen LogP contribution in [-0.4, -0.2) is 27.0 Å². The van der Waals surface area contributed by atoms with Crippen molar-refractivity contribution >= 4 is 23.1 Å². The van der Waals surface area contributed by atoms with E-state index in [1.807, 2.05) is 19.9 Å². The number of carbonyl (C=O) groups is 2. The Labute approximate surface area is 179 Å². The summed E-state index contributed by atoms with van der Waals surface area (Å²) in [4.78, 5) is 27.3. The fourth-order valence-electron chi connectivity index (χ4n) is 3.77. The van der Waals surface area contributed by atoms with E-state index < -0.39 is 17.7 Å². The van der Waals surface area contributed by atoms with Crippen molar-refractivity contribution in [3.63, 3.8) is 0 Å². The van der Waals surface area contributed by atoms with Crippen LogP contribution in [0.4, 0.5) is 5.69 Å². The first-order chi connectivity index (χ1) is 14.8. The highest BCUT2D eigenvalue weighted by atomic mass is 16.3. The Hall–Kier alpha value is -4.06. The van der Waals surface area contributed by atoms with Gasteiger partial charge in [-0.1, -0.05) is 36.4 Å². The number of amides is 1. The van der Waals surface area contributed by atoms with E-state index in [1.165, 1.54) is 29.2 Å². The third kappa shape index (κ3) is 3.42. The van der Waals surface area contributed by atoms with Crippen LogP contribution in [-0.2, 0) is 9.59 Å². The van der Waals surface area contributed by atoms with Gasteiger partial charge in [-0.15, -0.1) is 0 Å². The first-order valence-electron chi connectivity index (χ1n) is 9.75. The van der Waals surface area contributed by atoms with Crippen LogP contribution in [0.15, 0.2) is 72.3 Å². The number of rotatable bonds is 3. The number of para-hydroxylation sites is 2. The van der Waals surface area contributed by atoms with Gasteiger partial charge in [-0.2, -0.15) is 0 Å². The highest BCUT2D eigenvalue weighted by Crippen LogP contribution is 2.44. The molecule has 0 bridgehead atoms. The second-order valence-corrected chi connectivity index (χ2v) is 7.55. The predicted octanol–water partition coefficient (Wildman–Crippen LogP) is 4.34. The van der Waals surface area contributed by atoms with Gasteiger partial charge in [-0.05, 0) is 60.9 Å². The van der Waals surface area contributed by atoms with Gasteiger partial charge in [0.05, 0.1) is 17.3 Å². The highest BCUT2D eigenvalue weighted by Gasteiger charge is 2.47. The zero-order chi connectivity index (χ0) is 22.3. The number of ketones is 1. The topological polar surface area (TPSA) is 98.1 Å². The molecule has 1 heterocycles. The number of hydrogen-bond donors (Lipinski definition) is 3. The molecule has 3 aromatic carbocycles. The van der Waals surface area contributed by atoms with Crippen molar-refractivity contribution < 1.29 is 24.9 Å². The van der Waals surface area contributed by atoms with Gasteiger partial charge in [0, 0.05) is 5.56 Å². The van der Waals surface area contributed by atoms with Crippen molar-refractivity contribution in [1.29, 1.82) is 0 Å². The lowest BCUT2D eigenvalue weighted by Gasteiger charge is -2.26. The minimum absolute atomic E-state index is 0.0254. The van der Waals surface area contributed by atoms with Crippen molar-refractivity contribution in [2.24, 2.45) is 0 Å². The van der Waals surface area contributed by atoms with Gasteiger partial charge >= 0.3 is 0 Å². The van der Waals surface area contributed by atoms with Crippen LogP contribution in [0.2, 0.25) is 0 Å². The Bertz CT molecular complexity index is 1230. The van der Waals surface area contributed by atoms with Crippen molar-refractivity contribution in [1.82, 2.24) is 0 Å². The molecule has 31 heavy (non-hydrogen) atoms. The lowest BCUT2D eigenvalue weighted by molar-refractivity contribution is -0.132. The molecule has 0 spiro atoms. The molecule has 0 aliphatic carbocycles. The number of aryl methyl sites for hydroxylation is 2. The van der Waals surface area contributed by atoms with Gasteiger partial charge in [0.1, 0.15) is 17.3 Å². The molecule has 3 N–H and O–H groups in total. The van der Waals surface area contributed by atoms with Crippen LogP contribution in [0.3, 0.4) is 0 Å². The Morgan fingerprint density at radius 1 is 0.871 bits per heavy atom. The van der Waals surface area contributed by atoms with E-state index in [1.54, 1.807) is 36.4 Å². The summed E-state index contributed by atoms with van der Waals surface area (Å²) in [6.07, 6.45) is 0. The zero-order valence-electron chi connectivity index (χ0n) is 17.0. The van der Waals surface area contributed by atoms with Gasteiger partial charge in [-0.3, -0.25) is 14.5 Å². The third-order valence-electron chi connectivity index (χ3n) is 5.57. The Kier molecular flexibility index (Phi) is 4.99. The SMILES string of the molecule is Cc1ccc(/C(O)=C2/C(=O)C(=O)N(c3ccccc3O)C2c2ccc(O)cc2)cc1C. The Balaban J connectivity index is 1.97. The second-order valence-electron chi connectivity index (χ2n) is 7.55. The summed E-state index contributed by atoms with van der Waals surface area (Å²) in [7, 11) is 0. The number of Topliss-reactive ketones (excluding diaryl/α,β-unsaturated/α-hetero) is 1. The summed E-state index contributed by atoms with van der Waals surface area (Å²) in [6, 6.07) is 16.5. The van der Waals surface area contributed by atoms with Gasteiger partial charge < -0.3 is 15.3 Å². The van der Waals surface area contributed by atoms with E-state index in [0.717, 1.165) is 11.1 Å².